The van der Waals surface area contributed by atoms with Gasteiger partial charge in [0.25, 0.3) is 0 Å². The van der Waals surface area contributed by atoms with E-state index >= 15 is 0 Å². The second-order valence-corrected chi connectivity index (χ2v) is 13.8. The Morgan fingerprint density at radius 2 is 1.84 bits per heavy atom. The summed E-state index contributed by atoms with van der Waals surface area (Å²) in [6.07, 6.45) is 3.60. The van der Waals surface area contributed by atoms with Crippen LogP contribution in [-0.4, -0.2) is 45.9 Å². The summed E-state index contributed by atoms with van der Waals surface area (Å²) in [4.78, 5) is 13.6. The molecule has 0 bridgehead atoms. The van der Waals surface area contributed by atoms with Crippen LogP contribution in [0.2, 0.25) is 0 Å². The van der Waals surface area contributed by atoms with Crippen LogP contribution in [0, 0.1) is 5.92 Å². The first kappa shape index (κ1) is 27.8. The van der Waals surface area contributed by atoms with Crippen molar-refractivity contribution in [2.45, 2.75) is 55.6 Å². The number of rotatable bonds is 11. The van der Waals surface area contributed by atoms with Crippen LogP contribution < -0.4 is 10.2 Å². The first-order valence-corrected chi connectivity index (χ1v) is 16.1. The van der Waals surface area contributed by atoms with E-state index in [1.165, 1.54) is 5.56 Å². The largest absolute Gasteiger partial charge is 0.0582 e. The third-order valence-electron chi connectivity index (χ3n) is 6.32. The van der Waals surface area contributed by atoms with Gasteiger partial charge in [0.05, 0.1) is 0 Å². The van der Waals surface area contributed by atoms with Crippen LogP contribution in [0.3, 0.4) is 0 Å². The Hall–Kier alpha value is -2.19. The molecule has 3 aromatic rings. The van der Waals surface area contributed by atoms with Crippen LogP contribution in [-0.2, 0) is 40.4 Å². The molecule has 1 fully saturated rings. The zero-order chi connectivity index (χ0) is 26.3. The van der Waals surface area contributed by atoms with Crippen LogP contribution in [0.15, 0.2) is 57.8 Å². The predicted molar refractivity (Wildman–Crippen MR) is 137 cm³/mol. The van der Waals surface area contributed by atoms with Gasteiger partial charge in [-0.1, -0.05) is 26.0 Å². The molecule has 0 spiro atoms. The summed E-state index contributed by atoms with van der Waals surface area (Å²) in [5.41, 5.74) is 4.11. The molecule has 1 unspecified atom stereocenters. The molecule has 0 aliphatic carbocycles. The van der Waals surface area contributed by atoms with Gasteiger partial charge in [-0.05, 0) is 30.0 Å². The van der Waals surface area contributed by atoms with E-state index in [-0.39, 0.29) is 5.91 Å². The third-order valence-corrected chi connectivity index (χ3v) is 12.1. The van der Waals surface area contributed by atoms with Gasteiger partial charge < -0.3 is 0 Å². The van der Waals surface area contributed by atoms with Gasteiger partial charge >= 0.3 is 169 Å². The van der Waals surface area contributed by atoms with Crippen molar-refractivity contribution in [2.75, 3.05) is 19.8 Å². The van der Waals surface area contributed by atoms with E-state index in [1.807, 2.05) is 59.9 Å². The number of carbonyl (C=O) groups excluding carboxylic acids is 1. The van der Waals surface area contributed by atoms with Crippen molar-refractivity contribution >= 4 is 14.0 Å². The molecule has 0 saturated carbocycles. The molecule has 1 aromatic heterocycles. The van der Waals surface area contributed by atoms with Crippen molar-refractivity contribution in [1.29, 1.82) is 0 Å². The maximum atomic E-state index is 12.5. The van der Waals surface area contributed by atoms with Gasteiger partial charge in [-0.25, -0.2) is 0 Å². The van der Waals surface area contributed by atoms with Gasteiger partial charge in [0.15, 0.2) is 0 Å². The second-order valence-electron chi connectivity index (χ2n) is 9.54. The summed E-state index contributed by atoms with van der Waals surface area (Å²) >= 11 is 1.96. The molecule has 2 N–H and O–H groups in total. The van der Waals surface area contributed by atoms with E-state index < -0.39 is 12.8 Å². The van der Waals surface area contributed by atoms with Crippen LogP contribution in [0.25, 0.3) is 11.5 Å². The number of hydrogen-bond donors (Lipinski definition) is 2. The molecule has 2 heterocycles. The SMILES string of the molecule is CC(C)Cc1ccc(-c2nnc(CCCOc3ccc([S](=[Mo])C4(C(=O)NO)CCOCC4)cc3)o2)cc1. The number of nitrogens with one attached hydrogen (secondary N) is 1. The molecule has 8 nitrogen and oxygen atoms in total. The van der Waals surface area contributed by atoms with Gasteiger partial charge in [0.1, 0.15) is 0 Å². The Kier molecular flexibility index (Phi) is 9.82. The van der Waals surface area contributed by atoms with E-state index in [2.05, 4.69) is 36.2 Å². The molecule has 1 amide bonds. The summed E-state index contributed by atoms with van der Waals surface area (Å²) in [7, 11) is -0.392. The van der Waals surface area contributed by atoms with Gasteiger partial charge in [-0.15, -0.1) is 0 Å². The van der Waals surface area contributed by atoms with Crippen LogP contribution in [0.1, 0.15) is 44.6 Å². The number of nitrogens with zero attached hydrogens (tertiary/aromatic N) is 2. The molecule has 2 aromatic carbocycles. The quantitative estimate of drug-likeness (QED) is 0.135. The molecule has 4 rings (SSSR count). The van der Waals surface area contributed by atoms with Crippen molar-refractivity contribution in [2.24, 2.45) is 5.92 Å². The molecule has 1 saturated heterocycles. The monoisotopic (exact) mass is 609 g/mol. The maximum absolute atomic E-state index is 12.5. The Morgan fingerprint density at radius 1 is 1.14 bits per heavy atom. The van der Waals surface area contributed by atoms with Gasteiger partial charge in [-0.2, -0.15) is 0 Å². The number of hydrogen-bond acceptors (Lipinski definition) is 7. The zero-order valence-electron chi connectivity index (χ0n) is 21.1. The average molecular weight is 608 g/mol. The molecular weight excluding hydrogens is 574 g/mol. The topological polar surface area (TPSA) is 107 Å². The van der Waals surface area contributed by atoms with Crippen molar-refractivity contribution in [1.82, 2.24) is 15.7 Å². The van der Waals surface area contributed by atoms with Crippen molar-refractivity contribution in [3.05, 3.63) is 60.0 Å². The molecule has 1 atom stereocenters. The standard InChI is InChI=1S/C27H33N3O5S.Mo/c1-19(2)18-20-5-7-21(8-6-20)25-29-28-24(35-25)4-3-15-34-22-9-11-23(12-10-22)36-27(26(31)30-32)13-16-33-17-14-27;/h5-12,19,32H,3-4,13-18H2,1-2H3,(H,30,31);. The Balaban J connectivity index is 1.27. The Morgan fingerprint density at radius 3 is 2.49 bits per heavy atom. The van der Waals surface area contributed by atoms with Gasteiger partial charge in [-0.3, -0.25) is 0 Å². The van der Waals surface area contributed by atoms with Gasteiger partial charge in [0, 0.05) is 5.56 Å². The fourth-order valence-electron chi connectivity index (χ4n) is 4.32. The van der Waals surface area contributed by atoms with E-state index in [9.17, 15) is 10.0 Å². The van der Waals surface area contributed by atoms with E-state index in [4.69, 9.17) is 13.9 Å². The number of aromatic nitrogens is 2. The first-order chi connectivity index (χ1) is 17.9. The summed E-state index contributed by atoms with van der Waals surface area (Å²) in [5.74, 6) is 2.18. The summed E-state index contributed by atoms with van der Waals surface area (Å²) in [6.45, 7) is 5.97. The van der Waals surface area contributed by atoms with Crippen LogP contribution in [0.5, 0.6) is 5.75 Å². The molecular formula is C27H33MoN3O5S. The Labute approximate surface area is 229 Å². The number of benzene rings is 2. The summed E-state index contributed by atoms with van der Waals surface area (Å²) in [6, 6.07) is 16.2. The molecule has 10 heteroatoms. The minimum absolute atomic E-state index is 0.336. The average Bonchev–Trinajstić information content (AvgIpc) is 3.40. The van der Waals surface area contributed by atoms with Crippen molar-refractivity contribution in [3.63, 3.8) is 0 Å². The summed E-state index contributed by atoms with van der Waals surface area (Å²) < 4.78 is 16.6. The second kappa shape index (κ2) is 13.0. The minimum atomic E-state index is -0.654. The summed E-state index contributed by atoms with van der Waals surface area (Å²) in [5, 5.41) is 17.7. The first-order valence-electron chi connectivity index (χ1n) is 12.5. The van der Waals surface area contributed by atoms with Crippen LogP contribution >= 0.6 is 8.09 Å². The molecule has 37 heavy (non-hydrogen) atoms. The predicted octanol–water partition coefficient (Wildman–Crippen LogP) is 5.09. The smallest absolute Gasteiger partial charge is 0.0492 e. The molecule has 1 aliphatic rings. The molecule has 198 valence electrons. The molecule has 0 radical (unpaired) electrons. The van der Waals surface area contributed by atoms with E-state index in [1.54, 1.807) is 0 Å². The maximum Gasteiger partial charge on any atom is -0.0492 e. The van der Waals surface area contributed by atoms with Crippen molar-refractivity contribution in [3.8, 4) is 17.2 Å². The fraction of sp³-hybridized carbons (Fsp3) is 0.444. The van der Waals surface area contributed by atoms with Crippen LogP contribution in [0.4, 0.5) is 0 Å². The third kappa shape index (κ3) is 7.02. The molecule has 1 aliphatic heterocycles. The van der Waals surface area contributed by atoms with E-state index in [0.29, 0.717) is 56.8 Å². The number of aryl methyl sites for hydroxylation is 1. The fourth-order valence-corrected chi connectivity index (χ4v) is 8.52. The normalized spacial score (nSPS) is 15.9. The van der Waals surface area contributed by atoms with Gasteiger partial charge in [0.2, 0.25) is 0 Å². The number of carbonyl (C=O) groups is 1. The number of hydroxylamine groups is 1. The van der Waals surface area contributed by atoms with E-state index in [0.717, 1.165) is 29.1 Å². The number of amides is 1. The number of ether oxygens (including phenoxy) is 2. The Bertz CT molecular complexity index is 1190. The van der Waals surface area contributed by atoms with Crippen molar-refractivity contribution < 1.29 is 41.9 Å². The minimum Gasteiger partial charge on any atom is -0.0582 e. The zero-order valence-corrected chi connectivity index (χ0v) is 24.0.